The lowest BCUT2D eigenvalue weighted by atomic mass is 9.59. The molecule has 5 rings (SSSR count). The highest BCUT2D eigenvalue weighted by Crippen LogP contribution is 2.82. The van der Waals surface area contributed by atoms with Crippen molar-refractivity contribution < 1.29 is 5.11 Å². The van der Waals surface area contributed by atoms with Crippen molar-refractivity contribution in [2.24, 2.45) is 47.3 Å². The standard InChI is InChI=1S/C11H14O/c12-11-8-4-2-5-7-3(4)1-6(8)9(7)10(5)11/h3-12H,1-2H2/t3-,4-,5-,6+,7-,8-,9-,10-,11-/m1/s1. The summed E-state index contributed by atoms with van der Waals surface area (Å²) in [5.74, 6) is 7.73. The maximum atomic E-state index is 10.1. The Balaban J connectivity index is 1.86. The van der Waals surface area contributed by atoms with Crippen LogP contribution < -0.4 is 0 Å². The van der Waals surface area contributed by atoms with Gasteiger partial charge in [0.1, 0.15) is 0 Å². The minimum Gasteiger partial charge on any atom is -0.393 e. The quantitative estimate of drug-likeness (QED) is 0.566. The molecule has 0 amide bonds. The molecule has 0 aromatic carbocycles. The molecule has 0 heterocycles. The molecule has 5 fully saturated rings. The molecule has 0 unspecified atom stereocenters. The summed E-state index contributed by atoms with van der Waals surface area (Å²) >= 11 is 0. The topological polar surface area (TPSA) is 20.2 Å². The molecule has 0 saturated heterocycles. The fourth-order valence-corrected chi connectivity index (χ4v) is 6.42. The molecule has 12 heavy (non-hydrogen) atoms. The first-order chi connectivity index (χ1) is 5.88. The first-order valence-corrected chi connectivity index (χ1v) is 5.56. The second-order valence-corrected chi connectivity index (χ2v) is 5.93. The highest BCUT2D eigenvalue weighted by molar-refractivity contribution is 5.27. The summed E-state index contributed by atoms with van der Waals surface area (Å²) in [4.78, 5) is 0. The molecule has 64 valence electrons. The molecular weight excluding hydrogens is 148 g/mol. The van der Waals surface area contributed by atoms with Crippen molar-refractivity contribution >= 4 is 0 Å². The van der Waals surface area contributed by atoms with Gasteiger partial charge in [-0.2, -0.15) is 0 Å². The van der Waals surface area contributed by atoms with Gasteiger partial charge in [-0.1, -0.05) is 0 Å². The summed E-state index contributed by atoms with van der Waals surface area (Å²) in [6.45, 7) is 0. The van der Waals surface area contributed by atoms with Crippen molar-refractivity contribution in [1.29, 1.82) is 0 Å². The smallest absolute Gasteiger partial charge is 0.0607 e. The number of rotatable bonds is 0. The first-order valence-electron chi connectivity index (χ1n) is 5.56. The van der Waals surface area contributed by atoms with Gasteiger partial charge in [-0.15, -0.1) is 0 Å². The Morgan fingerprint density at radius 2 is 1.33 bits per heavy atom. The second-order valence-electron chi connectivity index (χ2n) is 5.93. The molecule has 1 N–H and O–H groups in total. The minimum absolute atomic E-state index is 0.146. The van der Waals surface area contributed by atoms with Gasteiger partial charge in [0.25, 0.3) is 0 Å². The Bertz CT molecular complexity index is 277. The number of aliphatic hydroxyl groups excluding tert-OH is 1. The van der Waals surface area contributed by atoms with Gasteiger partial charge in [0, 0.05) is 0 Å². The van der Waals surface area contributed by atoms with Gasteiger partial charge < -0.3 is 5.11 Å². The van der Waals surface area contributed by atoms with Crippen LogP contribution in [0.3, 0.4) is 0 Å². The molecule has 0 aromatic heterocycles. The molecule has 2 bridgehead atoms. The van der Waals surface area contributed by atoms with E-state index in [4.69, 9.17) is 0 Å². The van der Waals surface area contributed by atoms with E-state index in [2.05, 4.69) is 0 Å². The second kappa shape index (κ2) is 1.30. The predicted molar refractivity (Wildman–Crippen MR) is 43.2 cm³/mol. The van der Waals surface area contributed by atoms with Crippen molar-refractivity contribution in [3.8, 4) is 0 Å². The molecule has 1 nitrogen and oxygen atoms in total. The van der Waals surface area contributed by atoms with E-state index in [1.165, 1.54) is 12.8 Å². The molecule has 1 heteroatoms. The summed E-state index contributed by atoms with van der Waals surface area (Å²) in [5, 5.41) is 10.1. The van der Waals surface area contributed by atoms with Gasteiger partial charge in [0.2, 0.25) is 0 Å². The van der Waals surface area contributed by atoms with Crippen LogP contribution in [0.4, 0.5) is 0 Å². The Morgan fingerprint density at radius 3 is 2.17 bits per heavy atom. The van der Waals surface area contributed by atoms with Crippen LogP contribution in [-0.4, -0.2) is 11.2 Å². The van der Waals surface area contributed by atoms with E-state index in [0.29, 0.717) is 0 Å². The van der Waals surface area contributed by atoms with E-state index in [0.717, 1.165) is 47.3 Å². The Kier molecular flexibility index (Phi) is 0.609. The van der Waals surface area contributed by atoms with Gasteiger partial charge in [-0.05, 0) is 60.2 Å². The normalized spacial score (nSPS) is 85.2. The predicted octanol–water partition coefficient (Wildman–Crippen LogP) is 1.13. The van der Waals surface area contributed by atoms with Crippen LogP contribution in [0.25, 0.3) is 0 Å². The fraction of sp³-hybridized carbons (Fsp3) is 1.00. The van der Waals surface area contributed by atoms with Crippen LogP contribution in [0.1, 0.15) is 12.8 Å². The molecule has 9 atom stereocenters. The molecular formula is C11H14O. The number of hydrogen-bond donors (Lipinski definition) is 1. The van der Waals surface area contributed by atoms with E-state index in [1.54, 1.807) is 0 Å². The lowest BCUT2D eigenvalue weighted by molar-refractivity contribution is -0.0494. The zero-order valence-corrected chi connectivity index (χ0v) is 7.06. The fourth-order valence-electron chi connectivity index (χ4n) is 6.42. The third-order valence-electron chi connectivity index (χ3n) is 6.28. The summed E-state index contributed by atoms with van der Waals surface area (Å²) in [6.07, 6.45) is 3.16. The maximum absolute atomic E-state index is 10.1. The molecule has 5 aliphatic rings. The molecule has 0 aliphatic heterocycles. The Hall–Kier alpha value is -0.0400. The molecule has 0 spiro atoms. The van der Waals surface area contributed by atoms with Crippen LogP contribution in [0.5, 0.6) is 0 Å². The highest BCUT2D eigenvalue weighted by atomic mass is 16.3. The zero-order chi connectivity index (χ0) is 7.61. The largest absolute Gasteiger partial charge is 0.393 e. The van der Waals surface area contributed by atoms with Crippen molar-refractivity contribution in [1.82, 2.24) is 0 Å². The van der Waals surface area contributed by atoms with Gasteiger partial charge in [-0.3, -0.25) is 0 Å². The van der Waals surface area contributed by atoms with Crippen LogP contribution in [0.2, 0.25) is 0 Å². The van der Waals surface area contributed by atoms with Crippen molar-refractivity contribution in [2.75, 3.05) is 0 Å². The summed E-state index contributed by atoms with van der Waals surface area (Å²) in [5.41, 5.74) is 0. The summed E-state index contributed by atoms with van der Waals surface area (Å²) in [7, 11) is 0. The first kappa shape index (κ1) is 5.64. The summed E-state index contributed by atoms with van der Waals surface area (Å²) < 4.78 is 0. The number of hydrogen-bond acceptors (Lipinski definition) is 1. The number of fused-ring (bicyclic) bond motifs is 2. The monoisotopic (exact) mass is 162 g/mol. The lowest BCUT2D eigenvalue weighted by Crippen LogP contribution is -2.45. The van der Waals surface area contributed by atoms with Crippen molar-refractivity contribution in [2.45, 2.75) is 18.9 Å². The lowest BCUT2D eigenvalue weighted by Gasteiger charge is -2.46. The molecule has 5 aliphatic carbocycles. The van der Waals surface area contributed by atoms with Crippen molar-refractivity contribution in [3.05, 3.63) is 0 Å². The molecule has 0 aromatic rings. The Morgan fingerprint density at radius 1 is 0.667 bits per heavy atom. The van der Waals surface area contributed by atoms with Crippen molar-refractivity contribution in [3.63, 3.8) is 0 Å². The van der Waals surface area contributed by atoms with Crippen LogP contribution in [-0.2, 0) is 0 Å². The van der Waals surface area contributed by atoms with Crippen LogP contribution in [0, 0.1) is 47.3 Å². The van der Waals surface area contributed by atoms with Gasteiger partial charge in [-0.25, -0.2) is 0 Å². The van der Waals surface area contributed by atoms with E-state index in [1.807, 2.05) is 0 Å². The molecule has 0 radical (unpaired) electrons. The number of aliphatic hydroxyl groups is 1. The van der Waals surface area contributed by atoms with Gasteiger partial charge in [0.15, 0.2) is 0 Å². The average Bonchev–Trinajstić information content (AvgIpc) is 2.47. The van der Waals surface area contributed by atoms with Crippen LogP contribution >= 0.6 is 0 Å². The van der Waals surface area contributed by atoms with E-state index < -0.39 is 0 Å². The third-order valence-corrected chi connectivity index (χ3v) is 6.28. The highest BCUT2D eigenvalue weighted by Gasteiger charge is 2.80. The minimum atomic E-state index is 0.146. The average molecular weight is 162 g/mol. The van der Waals surface area contributed by atoms with E-state index in [9.17, 15) is 5.11 Å². The SMILES string of the molecule is O[C@@H]1[C@@H]2[C@@H]3C[C@@H]4[C@H]5[C@@H]3C[C@@H]2[C@H]5[C@H]14. The molecule has 5 saturated carbocycles. The Labute approximate surface area is 72.2 Å². The summed E-state index contributed by atoms with van der Waals surface area (Å²) in [6, 6.07) is 0. The van der Waals surface area contributed by atoms with E-state index in [-0.39, 0.29) is 6.10 Å². The maximum Gasteiger partial charge on any atom is 0.0607 e. The van der Waals surface area contributed by atoms with Gasteiger partial charge in [0.05, 0.1) is 6.10 Å². The van der Waals surface area contributed by atoms with Crippen LogP contribution in [0.15, 0.2) is 0 Å². The third kappa shape index (κ3) is 0.296. The van der Waals surface area contributed by atoms with E-state index >= 15 is 0 Å². The van der Waals surface area contributed by atoms with Gasteiger partial charge >= 0.3 is 0 Å². The zero-order valence-electron chi connectivity index (χ0n) is 7.06.